The van der Waals surface area contributed by atoms with Crippen molar-refractivity contribution in [2.24, 2.45) is 0 Å². The Morgan fingerprint density at radius 3 is 2.33 bits per heavy atom. The Bertz CT molecular complexity index is 938. The first-order valence-corrected chi connectivity index (χ1v) is 8.88. The maximum Gasteiger partial charge on any atom is 0.416 e. The van der Waals surface area contributed by atoms with Gasteiger partial charge < -0.3 is 9.84 Å². The average molecular weight is 367 g/mol. The van der Waals surface area contributed by atoms with Crippen LogP contribution in [0.2, 0.25) is 0 Å². The molecule has 142 valence electrons. The Hall–Kier alpha value is -2.82. The van der Waals surface area contributed by atoms with Gasteiger partial charge in [0.1, 0.15) is 12.0 Å². The number of amides is 1. The molecule has 0 aromatic heterocycles. The molecule has 2 aromatic rings. The van der Waals surface area contributed by atoms with Gasteiger partial charge in [0.15, 0.2) is 0 Å². The quantitative estimate of drug-likeness (QED) is 0.735. The smallest absolute Gasteiger partial charge is 0.416 e. The van der Waals surface area contributed by atoms with Gasteiger partial charge in [-0.1, -0.05) is 40.7 Å². The maximum absolute atomic E-state index is 12.2. The molecule has 0 saturated heterocycles. The van der Waals surface area contributed by atoms with Crippen molar-refractivity contribution in [3.8, 4) is 5.75 Å². The van der Waals surface area contributed by atoms with Gasteiger partial charge in [0, 0.05) is 17.0 Å². The van der Waals surface area contributed by atoms with E-state index >= 15 is 0 Å². The summed E-state index contributed by atoms with van der Waals surface area (Å²) in [7, 11) is 1.56. The second-order valence-corrected chi connectivity index (χ2v) is 8.42. The van der Waals surface area contributed by atoms with Gasteiger partial charge in [-0.2, -0.15) is 0 Å². The van der Waals surface area contributed by atoms with Crippen LogP contribution >= 0.6 is 0 Å². The summed E-state index contributed by atoms with van der Waals surface area (Å²) in [5, 5.41) is 10.0. The molecular weight excluding hydrogens is 342 g/mol. The third kappa shape index (κ3) is 2.78. The number of methoxy groups -OCH3 is 1. The van der Waals surface area contributed by atoms with E-state index in [0.29, 0.717) is 22.7 Å². The topological polar surface area (TPSA) is 66.8 Å². The fourth-order valence-electron chi connectivity index (χ4n) is 4.16. The number of ether oxygens (including phenoxy) is 1. The van der Waals surface area contributed by atoms with E-state index in [9.17, 15) is 14.7 Å². The Labute approximate surface area is 159 Å². The molecule has 5 heteroatoms. The maximum atomic E-state index is 12.2. The molecule has 0 radical (unpaired) electrons. The predicted molar refractivity (Wildman–Crippen MR) is 106 cm³/mol. The minimum absolute atomic E-state index is 0.326. The van der Waals surface area contributed by atoms with Crippen LogP contribution in [0.5, 0.6) is 5.75 Å². The van der Waals surface area contributed by atoms with Gasteiger partial charge >= 0.3 is 6.09 Å². The van der Waals surface area contributed by atoms with Gasteiger partial charge in [0.25, 0.3) is 0 Å². The molecule has 5 nitrogen and oxygen atoms in total. The molecule has 0 bridgehead atoms. The zero-order chi connectivity index (χ0) is 20.1. The van der Waals surface area contributed by atoms with Crippen molar-refractivity contribution >= 4 is 23.8 Å². The third-order valence-electron chi connectivity index (χ3n) is 5.27. The average Bonchev–Trinajstić information content (AvgIpc) is 2.59. The molecule has 0 aliphatic carbocycles. The second-order valence-electron chi connectivity index (χ2n) is 8.42. The van der Waals surface area contributed by atoms with Crippen molar-refractivity contribution in [3.05, 3.63) is 52.6 Å². The molecule has 1 amide bonds. The molecule has 1 N–H and O–H groups in total. The molecule has 0 fully saturated rings. The fourth-order valence-corrected chi connectivity index (χ4v) is 4.16. The molecule has 2 aromatic carbocycles. The number of anilines is 2. The number of hydrogen-bond donors (Lipinski definition) is 1. The standard InChI is InChI=1S/C22H25NO4/c1-21(2,3)18-13(12-24)7-10-16-19(18)22(4,5)15-9-8-14(27-6)11-17(15)23(16)20(25)26/h7-12H,1-6H3,(H,25,26). The second kappa shape index (κ2) is 6.12. The van der Waals surface area contributed by atoms with Crippen LogP contribution in [0.4, 0.5) is 16.2 Å². The van der Waals surface area contributed by atoms with Crippen LogP contribution in [-0.4, -0.2) is 24.6 Å². The fraction of sp³-hybridized carbons (Fsp3) is 0.364. The van der Waals surface area contributed by atoms with Crippen molar-refractivity contribution in [2.45, 2.75) is 45.4 Å². The van der Waals surface area contributed by atoms with E-state index in [2.05, 4.69) is 13.8 Å². The summed E-state index contributed by atoms with van der Waals surface area (Å²) in [4.78, 5) is 25.3. The van der Waals surface area contributed by atoms with Crippen LogP contribution in [0.3, 0.4) is 0 Å². The number of fused-ring (bicyclic) bond motifs is 2. The predicted octanol–water partition coefficient (Wildman–Crippen LogP) is 5.26. The summed E-state index contributed by atoms with van der Waals surface area (Å²) < 4.78 is 5.31. The number of benzene rings is 2. The monoisotopic (exact) mass is 367 g/mol. The summed E-state index contributed by atoms with van der Waals surface area (Å²) >= 11 is 0. The van der Waals surface area contributed by atoms with Gasteiger partial charge in [0.05, 0.1) is 18.5 Å². The van der Waals surface area contributed by atoms with Gasteiger partial charge in [-0.05, 0) is 40.3 Å². The number of hydrogen-bond acceptors (Lipinski definition) is 3. The van der Waals surface area contributed by atoms with E-state index in [1.165, 1.54) is 4.90 Å². The lowest BCUT2D eigenvalue weighted by Gasteiger charge is -2.43. The molecule has 27 heavy (non-hydrogen) atoms. The first-order valence-electron chi connectivity index (χ1n) is 8.88. The number of carboxylic acid groups (broad SMARTS) is 1. The van der Waals surface area contributed by atoms with E-state index in [-0.39, 0.29) is 5.41 Å². The molecule has 3 rings (SSSR count). The molecule has 1 aliphatic heterocycles. The molecule has 0 unspecified atom stereocenters. The van der Waals surface area contributed by atoms with Crippen molar-refractivity contribution < 1.29 is 19.4 Å². The minimum Gasteiger partial charge on any atom is -0.497 e. The highest BCUT2D eigenvalue weighted by atomic mass is 16.5. The lowest BCUT2D eigenvalue weighted by Crippen LogP contribution is -2.38. The highest BCUT2D eigenvalue weighted by Gasteiger charge is 2.42. The molecule has 0 saturated carbocycles. The largest absolute Gasteiger partial charge is 0.497 e. The first-order chi connectivity index (χ1) is 12.5. The van der Waals surface area contributed by atoms with Gasteiger partial charge in [-0.15, -0.1) is 0 Å². The van der Waals surface area contributed by atoms with Crippen molar-refractivity contribution in [2.75, 3.05) is 12.0 Å². The molecular formula is C22H25NO4. The molecule has 0 spiro atoms. The van der Waals surface area contributed by atoms with E-state index in [4.69, 9.17) is 4.74 Å². The van der Waals surface area contributed by atoms with Gasteiger partial charge in [0.2, 0.25) is 0 Å². The van der Waals surface area contributed by atoms with E-state index < -0.39 is 11.5 Å². The van der Waals surface area contributed by atoms with Gasteiger partial charge in [-0.3, -0.25) is 4.79 Å². The summed E-state index contributed by atoms with van der Waals surface area (Å²) in [6, 6.07) is 8.94. The zero-order valence-electron chi connectivity index (χ0n) is 16.6. The zero-order valence-corrected chi connectivity index (χ0v) is 16.6. The SMILES string of the molecule is COc1ccc2c(c1)N(C(=O)O)c1ccc(C=O)c(C(C)(C)C)c1C2(C)C. The van der Waals surface area contributed by atoms with Crippen LogP contribution in [0, 0.1) is 0 Å². The summed E-state index contributed by atoms with van der Waals surface area (Å²) in [6.45, 7) is 10.3. The van der Waals surface area contributed by atoms with Crippen LogP contribution < -0.4 is 9.64 Å². The lowest BCUT2D eigenvalue weighted by molar-refractivity contribution is 0.112. The number of aldehydes is 1. The summed E-state index contributed by atoms with van der Waals surface area (Å²) in [5.41, 5.74) is 3.59. The Balaban J connectivity index is 2.47. The van der Waals surface area contributed by atoms with E-state index in [1.807, 2.05) is 32.9 Å². The molecule has 1 aliphatic rings. The van der Waals surface area contributed by atoms with Crippen LogP contribution in [0.25, 0.3) is 0 Å². The Morgan fingerprint density at radius 2 is 1.81 bits per heavy atom. The minimum atomic E-state index is -1.07. The number of nitrogens with zero attached hydrogens (tertiary/aromatic N) is 1. The number of carbonyl (C=O) groups is 2. The van der Waals surface area contributed by atoms with Crippen molar-refractivity contribution in [1.29, 1.82) is 0 Å². The number of carbonyl (C=O) groups excluding carboxylic acids is 1. The summed E-state index contributed by atoms with van der Waals surface area (Å²) in [5.74, 6) is 0.597. The summed E-state index contributed by atoms with van der Waals surface area (Å²) in [6.07, 6.45) is -0.217. The normalized spacial score (nSPS) is 15.0. The highest BCUT2D eigenvalue weighted by Crippen LogP contribution is 2.53. The first kappa shape index (κ1) is 19.0. The van der Waals surface area contributed by atoms with Crippen molar-refractivity contribution in [1.82, 2.24) is 0 Å². The molecule has 1 heterocycles. The lowest BCUT2D eigenvalue weighted by atomic mass is 9.67. The third-order valence-corrected chi connectivity index (χ3v) is 5.27. The van der Waals surface area contributed by atoms with Crippen LogP contribution in [-0.2, 0) is 10.8 Å². The Kier molecular flexibility index (Phi) is 4.29. The Morgan fingerprint density at radius 1 is 1.15 bits per heavy atom. The number of rotatable bonds is 2. The van der Waals surface area contributed by atoms with Crippen molar-refractivity contribution in [3.63, 3.8) is 0 Å². The van der Waals surface area contributed by atoms with E-state index in [0.717, 1.165) is 23.0 Å². The van der Waals surface area contributed by atoms with Gasteiger partial charge in [-0.25, -0.2) is 9.69 Å². The van der Waals surface area contributed by atoms with Crippen LogP contribution in [0.15, 0.2) is 30.3 Å². The van der Waals surface area contributed by atoms with Crippen LogP contribution in [0.1, 0.15) is 61.7 Å². The molecule has 0 atom stereocenters. The van der Waals surface area contributed by atoms with E-state index in [1.54, 1.807) is 25.3 Å². The highest BCUT2D eigenvalue weighted by molar-refractivity contribution is 6.01.